The molecule has 0 amide bonds. The van der Waals surface area contributed by atoms with E-state index in [0.29, 0.717) is 6.42 Å². The van der Waals surface area contributed by atoms with Crippen LogP contribution < -0.4 is 5.73 Å². The average molecular weight is 233 g/mol. The van der Waals surface area contributed by atoms with Crippen LogP contribution in [0.25, 0.3) is 0 Å². The molecule has 2 heteroatoms. The van der Waals surface area contributed by atoms with E-state index in [-0.39, 0.29) is 5.78 Å². The molecule has 1 atom stereocenters. The molecule has 0 aliphatic carbocycles. The number of carbonyl (C=O) groups excluding carboxylic acids is 1. The summed E-state index contributed by atoms with van der Waals surface area (Å²) in [6.07, 6.45) is 4.16. The summed E-state index contributed by atoms with van der Waals surface area (Å²) in [5, 5.41) is 0. The normalized spacial score (nSPS) is 14.3. The third-order valence-corrected chi connectivity index (χ3v) is 3.12. The Bertz CT molecular complexity index is 343. The van der Waals surface area contributed by atoms with Crippen molar-refractivity contribution in [3.8, 4) is 0 Å². The van der Waals surface area contributed by atoms with Crippen LogP contribution in [0.15, 0.2) is 30.3 Å². The number of carbonyl (C=O) groups is 1. The fourth-order valence-electron chi connectivity index (χ4n) is 2.04. The first-order valence-corrected chi connectivity index (χ1v) is 6.42. The fraction of sp³-hybridized carbons (Fsp3) is 0.533. The quantitative estimate of drug-likeness (QED) is 0.786. The Hall–Kier alpha value is -1.15. The third kappa shape index (κ3) is 4.70. The minimum atomic E-state index is -0.633. The molecule has 0 saturated heterocycles. The lowest BCUT2D eigenvalue weighted by molar-refractivity contribution is -0.124. The summed E-state index contributed by atoms with van der Waals surface area (Å²) in [5.41, 5.74) is 6.65. The molecule has 0 aliphatic rings. The smallest absolute Gasteiger partial charge is 0.152 e. The van der Waals surface area contributed by atoms with Crippen LogP contribution in [0, 0.1) is 0 Å². The maximum absolute atomic E-state index is 11.9. The molecule has 0 bridgehead atoms. The van der Waals surface area contributed by atoms with E-state index in [1.165, 1.54) is 5.56 Å². The predicted molar refractivity (Wildman–Crippen MR) is 71.9 cm³/mol. The van der Waals surface area contributed by atoms with Crippen LogP contribution >= 0.6 is 0 Å². The second-order valence-corrected chi connectivity index (χ2v) is 4.93. The van der Waals surface area contributed by atoms with Gasteiger partial charge in [-0.15, -0.1) is 0 Å². The maximum atomic E-state index is 11.9. The average Bonchev–Trinajstić information content (AvgIpc) is 2.30. The number of aryl methyl sites for hydroxylation is 1. The van der Waals surface area contributed by atoms with E-state index >= 15 is 0 Å². The molecule has 17 heavy (non-hydrogen) atoms. The van der Waals surface area contributed by atoms with Crippen molar-refractivity contribution in [1.29, 1.82) is 0 Å². The van der Waals surface area contributed by atoms with E-state index in [4.69, 9.17) is 5.73 Å². The van der Waals surface area contributed by atoms with Gasteiger partial charge in [0.25, 0.3) is 0 Å². The topological polar surface area (TPSA) is 43.1 Å². The monoisotopic (exact) mass is 233 g/mol. The standard InChI is InChI=1S/C15H23NO/c1-3-12-15(2,16)14(17)11-7-10-13-8-5-4-6-9-13/h4-6,8-9H,3,7,10-12,16H2,1-2H3. The van der Waals surface area contributed by atoms with Gasteiger partial charge in [-0.2, -0.15) is 0 Å². The fourth-order valence-corrected chi connectivity index (χ4v) is 2.04. The summed E-state index contributed by atoms with van der Waals surface area (Å²) in [5.74, 6) is 0.190. The van der Waals surface area contributed by atoms with Gasteiger partial charge < -0.3 is 5.73 Å². The van der Waals surface area contributed by atoms with Crippen molar-refractivity contribution < 1.29 is 4.79 Å². The summed E-state index contributed by atoms with van der Waals surface area (Å²) in [6, 6.07) is 10.3. The van der Waals surface area contributed by atoms with E-state index in [1.54, 1.807) is 0 Å². The van der Waals surface area contributed by atoms with Crippen LogP contribution in [0.4, 0.5) is 0 Å². The van der Waals surface area contributed by atoms with Crippen LogP contribution in [-0.4, -0.2) is 11.3 Å². The molecule has 2 N–H and O–H groups in total. The van der Waals surface area contributed by atoms with Gasteiger partial charge in [0.15, 0.2) is 5.78 Å². The van der Waals surface area contributed by atoms with Crippen LogP contribution in [0.2, 0.25) is 0 Å². The largest absolute Gasteiger partial charge is 0.319 e. The van der Waals surface area contributed by atoms with Crippen molar-refractivity contribution in [3.05, 3.63) is 35.9 Å². The van der Waals surface area contributed by atoms with Crippen molar-refractivity contribution in [2.24, 2.45) is 5.73 Å². The summed E-state index contributed by atoms with van der Waals surface area (Å²) in [4.78, 5) is 11.9. The lowest BCUT2D eigenvalue weighted by Crippen LogP contribution is -2.44. The van der Waals surface area contributed by atoms with E-state index in [1.807, 2.05) is 25.1 Å². The number of rotatable bonds is 7. The highest BCUT2D eigenvalue weighted by atomic mass is 16.1. The van der Waals surface area contributed by atoms with E-state index in [0.717, 1.165) is 25.7 Å². The van der Waals surface area contributed by atoms with E-state index < -0.39 is 5.54 Å². The molecule has 0 aromatic heterocycles. The van der Waals surface area contributed by atoms with Gasteiger partial charge in [0.2, 0.25) is 0 Å². The molecule has 0 aliphatic heterocycles. The molecule has 0 saturated carbocycles. The van der Waals surface area contributed by atoms with Gasteiger partial charge in [-0.1, -0.05) is 43.7 Å². The Morgan fingerprint density at radius 3 is 2.53 bits per heavy atom. The van der Waals surface area contributed by atoms with Crippen LogP contribution in [0.5, 0.6) is 0 Å². The van der Waals surface area contributed by atoms with Crippen LogP contribution in [0.3, 0.4) is 0 Å². The molecule has 2 nitrogen and oxygen atoms in total. The molecule has 0 radical (unpaired) electrons. The zero-order valence-corrected chi connectivity index (χ0v) is 10.9. The number of hydrogen-bond acceptors (Lipinski definition) is 2. The zero-order valence-electron chi connectivity index (χ0n) is 10.9. The Kier molecular flexibility index (Phi) is 5.36. The predicted octanol–water partition coefficient (Wildman–Crippen LogP) is 3.10. The number of benzene rings is 1. The van der Waals surface area contributed by atoms with Crippen molar-refractivity contribution in [2.75, 3.05) is 0 Å². The first kappa shape index (κ1) is 13.9. The number of Topliss-reactive ketones (excluding diaryl/α,β-unsaturated/α-hetero) is 1. The summed E-state index contributed by atoms with van der Waals surface area (Å²) < 4.78 is 0. The van der Waals surface area contributed by atoms with Gasteiger partial charge in [-0.25, -0.2) is 0 Å². The number of ketones is 1. The molecule has 0 heterocycles. The molecule has 0 fully saturated rings. The minimum absolute atomic E-state index is 0.190. The highest BCUT2D eigenvalue weighted by Gasteiger charge is 2.25. The highest BCUT2D eigenvalue weighted by molar-refractivity contribution is 5.87. The van der Waals surface area contributed by atoms with Crippen LogP contribution in [-0.2, 0) is 11.2 Å². The molecule has 1 aromatic carbocycles. The zero-order chi connectivity index (χ0) is 12.7. The maximum Gasteiger partial charge on any atom is 0.152 e. The molecular weight excluding hydrogens is 210 g/mol. The Morgan fingerprint density at radius 2 is 1.94 bits per heavy atom. The lowest BCUT2D eigenvalue weighted by Gasteiger charge is -2.22. The van der Waals surface area contributed by atoms with Crippen molar-refractivity contribution in [1.82, 2.24) is 0 Å². The lowest BCUT2D eigenvalue weighted by atomic mass is 9.89. The van der Waals surface area contributed by atoms with Gasteiger partial charge in [0, 0.05) is 6.42 Å². The van der Waals surface area contributed by atoms with E-state index in [2.05, 4.69) is 19.1 Å². The highest BCUT2D eigenvalue weighted by Crippen LogP contribution is 2.14. The van der Waals surface area contributed by atoms with Crippen molar-refractivity contribution in [3.63, 3.8) is 0 Å². The SMILES string of the molecule is CCCC(C)(N)C(=O)CCCc1ccccc1. The van der Waals surface area contributed by atoms with Crippen molar-refractivity contribution in [2.45, 2.75) is 51.5 Å². The number of nitrogens with two attached hydrogens (primary N) is 1. The van der Waals surface area contributed by atoms with Gasteiger partial charge in [-0.3, -0.25) is 4.79 Å². The first-order chi connectivity index (χ1) is 8.06. The molecule has 1 aromatic rings. The second-order valence-electron chi connectivity index (χ2n) is 4.93. The summed E-state index contributed by atoms with van der Waals surface area (Å²) in [7, 11) is 0. The van der Waals surface area contributed by atoms with Crippen LogP contribution in [0.1, 0.15) is 45.1 Å². The third-order valence-electron chi connectivity index (χ3n) is 3.12. The Labute approximate surface area is 104 Å². The van der Waals surface area contributed by atoms with Gasteiger partial charge in [-0.05, 0) is 31.7 Å². The molecule has 0 spiro atoms. The first-order valence-electron chi connectivity index (χ1n) is 6.42. The van der Waals surface area contributed by atoms with Crippen molar-refractivity contribution >= 4 is 5.78 Å². The van der Waals surface area contributed by atoms with Gasteiger partial charge in [0.05, 0.1) is 5.54 Å². The Balaban J connectivity index is 2.34. The molecular formula is C15H23NO. The summed E-state index contributed by atoms with van der Waals surface area (Å²) >= 11 is 0. The number of hydrogen-bond donors (Lipinski definition) is 1. The van der Waals surface area contributed by atoms with E-state index in [9.17, 15) is 4.79 Å². The van der Waals surface area contributed by atoms with Gasteiger partial charge >= 0.3 is 0 Å². The molecule has 94 valence electrons. The molecule has 1 unspecified atom stereocenters. The van der Waals surface area contributed by atoms with Gasteiger partial charge in [0.1, 0.15) is 0 Å². The Morgan fingerprint density at radius 1 is 1.29 bits per heavy atom. The minimum Gasteiger partial charge on any atom is -0.319 e. The second kappa shape index (κ2) is 6.55. The summed E-state index contributed by atoms with van der Waals surface area (Å²) in [6.45, 7) is 3.91. The molecule has 1 rings (SSSR count).